The van der Waals surface area contributed by atoms with Crippen LogP contribution in [0.1, 0.15) is 25.8 Å². The minimum Gasteiger partial charge on any atom is -0.389 e. The van der Waals surface area contributed by atoms with E-state index in [9.17, 15) is 4.79 Å². The Balaban J connectivity index is 2.72. The molecule has 0 saturated heterocycles. The third-order valence-corrected chi connectivity index (χ3v) is 2.73. The van der Waals surface area contributed by atoms with Crippen molar-refractivity contribution in [2.45, 2.75) is 26.3 Å². The molecule has 4 nitrogen and oxygen atoms in total. The molecule has 0 aromatic heterocycles. The largest absolute Gasteiger partial charge is 0.389 e. The Hall–Kier alpha value is -1.62. The van der Waals surface area contributed by atoms with E-state index in [4.69, 9.17) is 18.0 Å². The molecule has 0 bridgehead atoms. The summed E-state index contributed by atoms with van der Waals surface area (Å²) in [6, 6.07) is 7.11. The predicted molar refractivity (Wildman–Crippen MR) is 78.7 cm³/mol. The molecule has 0 fully saturated rings. The Bertz CT molecular complexity index is 434. The van der Waals surface area contributed by atoms with E-state index < -0.39 is 0 Å². The van der Waals surface area contributed by atoms with E-state index in [1.165, 1.54) is 0 Å². The zero-order valence-electron chi connectivity index (χ0n) is 10.7. The van der Waals surface area contributed by atoms with Gasteiger partial charge in [-0.05, 0) is 25.5 Å². The van der Waals surface area contributed by atoms with Gasteiger partial charge in [0.05, 0.1) is 0 Å². The predicted octanol–water partition coefficient (Wildman–Crippen LogP) is 1.65. The van der Waals surface area contributed by atoms with Crippen molar-refractivity contribution in [3.05, 3.63) is 29.8 Å². The summed E-state index contributed by atoms with van der Waals surface area (Å²) in [5.41, 5.74) is 7.17. The molecule has 1 aromatic rings. The lowest BCUT2D eigenvalue weighted by Crippen LogP contribution is -2.38. The molecule has 1 rings (SSSR count). The summed E-state index contributed by atoms with van der Waals surface area (Å²) in [6.45, 7) is 4.50. The average Bonchev–Trinajstić information content (AvgIpc) is 2.36. The molecule has 0 spiro atoms. The Morgan fingerprint density at radius 3 is 2.72 bits per heavy atom. The number of benzene rings is 1. The fourth-order valence-electron chi connectivity index (χ4n) is 1.52. The van der Waals surface area contributed by atoms with E-state index >= 15 is 0 Å². The van der Waals surface area contributed by atoms with E-state index in [1.807, 2.05) is 31.2 Å². The van der Waals surface area contributed by atoms with E-state index in [-0.39, 0.29) is 11.9 Å². The van der Waals surface area contributed by atoms with Crippen LogP contribution in [0.5, 0.6) is 0 Å². The van der Waals surface area contributed by atoms with E-state index in [0.717, 1.165) is 17.7 Å². The molecule has 1 aromatic carbocycles. The molecule has 0 aliphatic carbocycles. The van der Waals surface area contributed by atoms with Gasteiger partial charge in [-0.25, -0.2) is 0 Å². The fraction of sp³-hybridized carbons (Fsp3) is 0.385. The van der Waals surface area contributed by atoms with Crippen LogP contribution in [-0.2, 0) is 4.79 Å². The zero-order chi connectivity index (χ0) is 13.5. The fourth-order valence-corrected chi connectivity index (χ4v) is 1.70. The Kier molecular flexibility index (Phi) is 5.58. The lowest BCUT2D eigenvalue weighted by molar-refractivity contribution is -0.121. The number of hydrogen-bond donors (Lipinski definition) is 3. The summed E-state index contributed by atoms with van der Waals surface area (Å²) >= 11 is 4.98. The minimum absolute atomic E-state index is 0.0328. The Morgan fingerprint density at radius 2 is 2.11 bits per heavy atom. The van der Waals surface area contributed by atoms with Crippen molar-refractivity contribution >= 4 is 28.8 Å². The van der Waals surface area contributed by atoms with Crippen LogP contribution in [0, 0.1) is 0 Å². The molecule has 5 heteroatoms. The van der Waals surface area contributed by atoms with Gasteiger partial charge in [-0.2, -0.15) is 0 Å². The van der Waals surface area contributed by atoms with Gasteiger partial charge in [0.15, 0.2) is 0 Å². The van der Waals surface area contributed by atoms with Crippen molar-refractivity contribution < 1.29 is 4.79 Å². The topological polar surface area (TPSA) is 67.2 Å². The molecule has 18 heavy (non-hydrogen) atoms. The van der Waals surface area contributed by atoms with Gasteiger partial charge in [-0.1, -0.05) is 31.3 Å². The van der Waals surface area contributed by atoms with Crippen LogP contribution in [0.4, 0.5) is 5.69 Å². The highest BCUT2D eigenvalue weighted by atomic mass is 32.1. The molecular weight excluding hydrogens is 246 g/mol. The lowest BCUT2D eigenvalue weighted by atomic mass is 10.1. The highest BCUT2D eigenvalue weighted by Gasteiger charge is 2.13. The monoisotopic (exact) mass is 265 g/mol. The first kappa shape index (κ1) is 14.4. The Labute approximate surface area is 113 Å². The maximum Gasteiger partial charge on any atom is 0.242 e. The smallest absolute Gasteiger partial charge is 0.242 e. The Morgan fingerprint density at radius 1 is 1.44 bits per heavy atom. The molecule has 0 radical (unpaired) electrons. The second-order valence-electron chi connectivity index (χ2n) is 4.07. The standard InChI is InChI=1S/C13H19N3OS/c1-3-8-15-13(17)9(2)16-11-7-5-4-6-10(11)12(14)18/h4-7,9,16H,3,8H2,1-2H3,(H2,14,18)(H,15,17). The number of amides is 1. The summed E-state index contributed by atoms with van der Waals surface area (Å²) in [5, 5.41) is 5.96. The highest BCUT2D eigenvalue weighted by molar-refractivity contribution is 7.80. The van der Waals surface area contributed by atoms with Crippen LogP contribution in [0.15, 0.2) is 24.3 Å². The van der Waals surface area contributed by atoms with Crippen LogP contribution >= 0.6 is 12.2 Å². The third kappa shape index (κ3) is 4.00. The van der Waals surface area contributed by atoms with Gasteiger partial charge in [0.25, 0.3) is 0 Å². The van der Waals surface area contributed by atoms with Crippen molar-refractivity contribution in [1.82, 2.24) is 5.32 Å². The number of para-hydroxylation sites is 1. The van der Waals surface area contributed by atoms with Gasteiger partial charge in [-0.15, -0.1) is 0 Å². The SMILES string of the molecule is CCCNC(=O)C(C)Nc1ccccc1C(N)=S. The number of nitrogens with two attached hydrogens (primary N) is 1. The lowest BCUT2D eigenvalue weighted by Gasteiger charge is -2.17. The summed E-state index contributed by atoms with van der Waals surface area (Å²) in [7, 11) is 0. The number of carbonyl (C=O) groups excluding carboxylic acids is 1. The number of rotatable bonds is 6. The second-order valence-corrected chi connectivity index (χ2v) is 4.51. The molecule has 4 N–H and O–H groups in total. The number of nitrogens with one attached hydrogen (secondary N) is 2. The van der Waals surface area contributed by atoms with Crippen molar-refractivity contribution in [1.29, 1.82) is 0 Å². The molecule has 1 amide bonds. The van der Waals surface area contributed by atoms with Crippen molar-refractivity contribution in [3.8, 4) is 0 Å². The summed E-state index contributed by atoms with van der Waals surface area (Å²) in [6.07, 6.45) is 0.919. The van der Waals surface area contributed by atoms with Crippen molar-refractivity contribution in [2.24, 2.45) is 5.73 Å². The number of hydrogen-bond acceptors (Lipinski definition) is 3. The van der Waals surface area contributed by atoms with Crippen LogP contribution in [0.3, 0.4) is 0 Å². The molecule has 1 atom stereocenters. The third-order valence-electron chi connectivity index (χ3n) is 2.51. The van der Waals surface area contributed by atoms with Gasteiger partial charge in [0, 0.05) is 17.8 Å². The molecule has 0 saturated carbocycles. The van der Waals surface area contributed by atoms with Crippen molar-refractivity contribution in [3.63, 3.8) is 0 Å². The van der Waals surface area contributed by atoms with E-state index in [2.05, 4.69) is 10.6 Å². The maximum absolute atomic E-state index is 11.7. The normalized spacial score (nSPS) is 11.7. The first-order chi connectivity index (χ1) is 8.56. The number of carbonyl (C=O) groups is 1. The second kappa shape index (κ2) is 6.96. The average molecular weight is 265 g/mol. The van der Waals surface area contributed by atoms with Gasteiger partial charge >= 0.3 is 0 Å². The summed E-state index contributed by atoms with van der Waals surface area (Å²) in [4.78, 5) is 12.1. The highest BCUT2D eigenvalue weighted by Crippen LogP contribution is 2.15. The van der Waals surface area contributed by atoms with Crippen molar-refractivity contribution in [2.75, 3.05) is 11.9 Å². The molecule has 0 aliphatic heterocycles. The van der Waals surface area contributed by atoms with Crippen LogP contribution in [0.25, 0.3) is 0 Å². The molecule has 0 heterocycles. The van der Waals surface area contributed by atoms with E-state index in [0.29, 0.717) is 11.5 Å². The van der Waals surface area contributed by atoms with Gasteiger partial charge < -0.3 is 16.4 Å². The quantitative estimate of drug-likeness (QED) is 0.684. The maximum atomic E-state index is 11.7. The van der Waals surface area contributed by atoms with Gasteiger partial charge in [0.1, 0.15) is 11.0 Å². The zero-order valence-corrected chi connectivity index (χ0v) is 11.5. The number of thiocarbonyl (C=S) groups is 1. The van der Waals surface area contributed by atoms with Gasteiger partial charge in [-0.3, -0.25) is 4.79 Å². The number of anilines is 1. The van der Waals surface area contributed by atoms with Gasteiger partial charge in [0.2, 0.25) is 5.91 Å². The molecule has 1 unspecified atom stereocenters. The molecule has 98 valence electrons. The first-order valence-electron chi connectivity index (χ1n) is 5.99. The molecular formula is C13H19N3OS. The first-order valence-corrected chi connectivity index (χ1v) is 6.40. The van der Waals surface area contributed by atoms with Crippen LogP contribution in [0.2, 0.25) is 0 Å². The summed E-state index contributed by atoms with van der Waals surface area (Å²) in [5.74, 6) is -0.0328. The van der Waals surface area contributed by atoms with E-state index in [1.54, 1.807) is 6.92 Å². The minimum atomic E-state index is -0.327. The molecule has 0 aliphatic rings. The summed E-state index contributed by atoms with van der Waals surface area (Å²) < 4.78 is 0. The van der Waals surface area contributed by atoms with Crippen LogP contribution < -0.4 is 16.4 Å². The van der Waals surface area contributed by atoms with Crippen LogP contribution in [-0.4, -0.2) is 23.5 Å².